The molecule has 1 saturated carbocycles. The Kier molecular flexibility index (Phi) is 2.67. The number of rotatable bonds is 3. The second-order valence-electron chi connectivity index (χ2n) is 3.78. The molecule has 0 aliphatic heterocycles. The topological polar surface area (TPSA) is 38.0 Å². The van der Waals surface area contributed by atoms with E-state index in [-0.39, 0.29) is 6.04 Å². The Hall–Kier alpha value is -1.07. The molecule has 0 amide bonds. The Morgan fingerprint density at radius 1 is 1.20 bits per heavy atom. The molecule has 1 fully saturated rings. The third-order valence-electron chi connectivity index (χ3n) is 2.64. The van der Waals surface area contributed by atoms with Crippen molar-refractivity contribution in [2.24, 2.45) is 11.8 Å². The normalized spacial score (nSPS) is 17.9. The predicted molar refractivity (Wildman–Crippen MR) is 49.1 cm³/mol. The van der Waals surface area contributed by atoms with Crippen molar-refractivity contribution in [1.82, 2.24) is 5.43 Å². The summed E-state index contributed by atoms with van der Waals surface area (Å²) in [5.74, 6) is 1.80. The molecule has 1 aromatic rings. The van der Waals surface area contributed by atoms with Gasteiger partial charge < -0.3 is 0 Å². The van der Waals surface area contributed by atoms with Crippen molar-refractivity contribution in [3.8, 4) is 0 Å². The van der Waals surface area contributed by atoms with E-state index in [4.69, 9.17) is 5.84 Å². The summed E-state index contributed by atoms with van der Waals surface area (Å²) in [6.07, 6.45) is 1.94. The van der Waals surface area contributed by atoms with Gasteiger partial charge in [0.25, 0.3) is 0 Å². The van der Waals surface area contributed by atoms with Gasteiger partial charge in [0.15, 0.2) is 17.5 Å². The molecular weight excluding hydrogens is 205 g/mol. The van der Waals surface area contributed by atoms with Gasteiger partial charge in [-0.2, -0.15) is 0 Å². The highest BCUT2D eigenvalue weighted by Gasteiger charge is 2.32. The van der Waals surface area contributed by atoms with Crippen molar-refractivity contribution in [2.75, 3.05) is 0 Å². The smallest absolute Gasteiger partial charge is 0.194 e. The molecule has 2 rings (SSSR count). The summed E-state index contributed by atoms with van der Waals surface area (Å²) in [6.45, 7) is 0. The van der Waals surface area contributed by atoms with E-state index in [9.17, 15) is 13.2 Å². The first-order valence-corrected chi connectivity index (χ1v) is 4.74. The average Bonchev–Trinajstić information content (AvgIpc) is 2.99. The highest BCUT2D eigenvalue weighted by molar-refractivity contribution is 5.24. The molecule has 5 heteroatoms. The summed E-state index contributed by atoms with van der Waals surface area (Å²) < 4.78 is 38.6. The van der Waals surface area contributed by atoms with Gasteiger partial charge in [-0.05, 0) is 36.5 Å². The maximum Gasteiger partial charge on any atom is 0.194 e. The van der Waals surface area contributed by atoms with Gasteiger partial charge in [0, 0.05) is 6.04 Å². The fourth-order valence-corrected chi connectivity index (χ4v) is 1.69. The van der Waals surface area contributed by atoms with E-state index >= 15 is 0 Å². The molecule has 1 aromatic carbocycles. The van der Waals surface area contributed by atoms with Crippen molar-refractivity contribution in [2.45, 2.75) is 18.9 Å². The van der Waals surface area contributed by atoms with E-state index in [2.05, 4.69) is 5.43 Å². The molecule has 0 aromatic heterocycles. The Labute approximate surface area is 85.2 Å². The van der Waals surface area contributed by atoms with Crippen LogP contribution < -0.4 is 11.3 Å². The van der Waals surface area contributed by atoms with Crippen LogP contribution in [0, 0.1) is 23.4 Å². The Morgan fingerprint density at radius 3 is 2.13 bits per heavy atom. The van der Waals surface area contributed by atoms with Crippen LogP contribution in [0.2, 0.25) is 0 Å². The van der Waals surface area contributed by atoms with Crippen LogP contribution in [0.25, 0.3) is 0 Å². The van der Waals surface area contributed by atoms with Crippen molar-refractivity contribution in [3.63, 3.8) is 0 Å². The molecular formula is C10H11F3N2. The van der Waals surface area contributed by atoms with Crippen LogP contribution in [-0.2, 0) is 0 Å². The Bertz CT molecular complexity index is 354. The maximum absolute atomic E-state index is 12.9. The molecule has 3 N–H and O–H groups in total. The second kappa shape index (κ2) is 3.83. The molecule has 2 nitrogen and oxygen atoms in total. The maximum atomic E-state index is 12.9. The number of nitrogens with two attached hydrogens (primary N) is 1. The fraction of sp³-hybridized carbons (Fsp3) is 0.400. The molecule has 15 heavy (non-hydrogen) atoms. The van der Waals surface area contributed by atoms with Gasteiger partial charge in [-0.1, -0.05) is 0 Å². The van der Waals surface area contributed by atoms with Crippen LogP contribution in [0.15, 0.2) is 12.1 Å². The number of hydrogen-bond acceptors (Lipinski definition) is 2. The van der Waals surface area contributed by atoms with Gasteiger partial charge >= 0.3 is 0 Å². The molecule has 0 radical (unpaired) electrons. The summed E-state index contributed by atoms with van der Waals surface area (Å²) in [5, 5.41) is 0. The van der Waals surface area contributed by atoms with Gasteiger partial charge in [0.2, 0.25) is 0 Å². The molecule has 0 bridgehead atoms. The zero-order valence-electron chi connectivity index (χ0n) is 7.93. The van der Waals surface area contributed by atoms with Gasteiger partial charge in [0.1, 0.15) is 0 Å². The number of hydrazine groups is 1. The van der Waals surface area contributed by atoms with Crippen LogP contribution in [0.4, 0.5) is 13.2 Å². The molecule has 1 atom stereocenters. The summed E-state index contributed by atoms with van der Waals surface area (Å²) in [4.78, 5) is 0. The SMILES string of the molecule is NNC(c1cc(F)c(F)c(F)c1)C1CC1. The van der Waals surface area contributed by atoms with Crippen LogP contribution in [0.3, 0.4) is 0 Å². The van der Waals surface area contributed by atoms with Crippen molar-refractivity contribution < 1.29 is 13.2 Å². The van der Waals surface area contributed by atoms with Crippen LogP contribution in [0.5, 0.6) is 0 Å². The summed E-state index contributed by atoms with van der Waals surface area (Å²) in [6, 6.07) is 1.68. The van der Waals surface area contributed by atoms with Crippen molar-refractivity contribution >= 4 is 0 Å². The third kappa shape index (κ3) is 1.98. The molecule has 0 spiro atoms. The first-order chi connectivity index (χ1) is 7.13. The summed E-state index contributed by atoms with van der Waals surface area (Å²) in [7, 11) is 0. The van der Waals surface area contributed by atoms with Crippen molar-refractivity contribution in [3.05, 3.63) is 35.1 Å². The average molecular weight is 216 g/mol. The minimum Gasteiger partial charge on any atom is -0.271 e. The Morgan fingerprint density at radius 2 is 1.73 bits per heavy atom. The summed E-state index contributed by atoms with van der Waals surface area (Å²) >= 11 is 0. The van der Waals surface area contributed by atoms with E-state index < -0.39 is 17.5 Å². The van der Waals surface area contributed by atoms with E-state index in [1.165, 1.54) is 0 Å². The van der Waals surface area contributed by atoms with Gasteiger partial charge in [0.05, 0.1) is 0 Å². The predicted octanol–water partition coefficient (Wildman–Crippen LogP) is 2.02. The van der Waals surface area contributed by atoms with E-state index in [1.54, 1.807) is 0 Å². The minimum atomic E-state index is -1.44. The second-order valence-corrected chi connectivity index (χ2v) is 3.78. The summed E-state index contributed by atoms with van der Waals surface area (Å²) in [5.41, 5.74) is 2.86. The first-order valence-electron chi connectivity index (χ1n) is 4.74. The molecule has 1 unspecified atom stereocenters. The largest absolute Gasteiger partial charge is 0.271 e. The monoisotopic (exact) mass is 216 g/mol. The highest BCUT2D eigenvalue weighted by atomic mass is 19.2. The number of halogens is 3. The zero-order chi connectivity index (χ0) is 11.0. The lowest BCUT2D eigenvalue weighted by Crippen LogP contribution is -2.29. The first kappa shape index (κ1) is 10.4. The number of nitrogens with one attached hydrogen (secondary N) is 1. The van der Waals surface area contributed by atoms with E-state index in [0.29, 0.717) is 11.5 Å². The van der Waals surface area contributed by atoms with E-state index in [0.717, 1.165) is 25.0 Å². The van der Waals surface area contributed by atoms with Crippen LogP contribution in [0.1, 0.15) is 24.4 Å². The minimum absolute atomic E-state index is 0.291. The van der Waals surface area contributed by atoms with E-state index in [1.807, 2.05) is 0 Å². The lowest BCUT2D eigenvalue weighted by atomic mass is 10.0. The molecule has 0 heterocycles. The molecule has 0 saturated heterocycles. The number of hydrogen-bond donors (Lipinski definition) is 2. The lowest BCUT2D eigenvalue weighted by Gasteiger charge is -2.15. The zero-order valence-corrected chi connectivity index (χ0v) is 7.93. The lowest BCUT2D eigenvalue weighted by molar-refractivity contribution is 0.434. The molecule has 82 valence electrons. The number of benzene rings is 1. The van der Waals surface area contributed by atoms with Gasteiger partial charge in [-0.25, -0.2) is 13.2 Å². The quantitative estimate of drug-likeness (QED) is 0.461. The molecule has 1 aliphatic rings. The standard InChI is InChI=1S/C10H11F3N2/c11-7-3-6(4-8(12)9(7)13)10(15-14)5-1-2-5/h3-5,10,15H,1-2,14H2. The highest BCUT2D eigenvalue weighted by Crippen LogP contribution is 2.40. The Balaban J connectivity index is 2.34. The fourth-order valence-electron chi connectivity index (χ4n) is 1.69. The van der Waals surface area contributed by atoms with Gasteiger partial charge in [-0.3, -0.25) is 11.3 Å². The third-order valence-corrected chi connectivity index (χ3v) is 2.64. The molecule has 1 aliphatic carbocycles. The van der Waals surface area contributed by atoms with Gasteiger partial charge in [-0.15, -0.1) is 0 Å². The van der Waals surface area contributed by atoms with Crippen LogP contribution in [-0.4, -0.2) is 0 Å². The van der Waals surface area contributed by atoms with Crippen LogP contribution >= 0.6 is 0 Å². The van der Waals surface area contributed by atoms with Crippen molar-refractivity contribution in [1.29, 1.82) is 0 Å².